The lowest BCUT2D eigenvalue weighted by molar-refractivity contribution is -0.132. The molecule has 0 radical (unpaired) electrons. The number of halogens is 1. The van der Waals surface area contributed by atoms with Crippen LogP contribution in [0.5, 0.6) is 11.5 Å². The number of nitrogens with one attached hydrogen (secondary N) is 3. The van der Waals surface area contributed by atoms with Crippen LogP contribution in [0.4, 0.5) is 5.69 Å². The van der Waals surface area contributed by atoms with Gasteiger partial charge in [0.15, 0.2) is 10.8 Å². The zero-order valence-corrected chi connectivity index (χ0v) is 16.3. The molecule has 2 heterocycles. The first-order valence-corrected chi connectivity index (χ1v) is 9.20. The van der Waals surface area contributed by atoms with Gasteiger partial charge >= 0.3 is 0 Å². The molecular weight excluding hydrogens is 386 g/mol. The van der Waals surface area contributed by atoms with Crippen molar-refractivity contribution >= 4 is 40.5 Å². The van der Waals surface area contributed by atoms with Crippen LogP contribution >= 0.6 is 23.8 Å². The summed E-state index contributed by atoms with van der Waals surface area (Å²) in [6, 6.07) is 12.1. The number of anilines is 1. The molecule has 1 saturated heterocycles. The van der Waals surface area contributed by atoms with E-state index in [1.807, 2.05) is 25.1 Å². The topological polar surface area (TPSA) is 71.6 Å². The zero-order chi connectivity index (χ0) is 19.2. The molecule has 4 rings (SSSR count). The zero-order valence-electron chi connectivity index (χ0n) is 14.7. The number of thiocarbonyl (C=S) groups is 1. The van der Waals surface area contributed by atoms with Gasteiger partial charge in [-0.3, -0.25) is 4.79 Å². The Hall–Kier alpha value is -2.51. The Balaban J connectivity index is 1.71. The highest BCUT2D eigenvalue weighted by molar-refractivity contribution is 7.80. The van der Waals surface area contributed by atoms with Crippen molar-refractivity contribution in [2.45, 2.75) is 18.7 Å². The van der Waals surface area contributed by atoms with Gasteiger partial charge in [-0.15, -0.1) is 0 Å². The quantitative estimate of drug-likeness (QED) is 0.683. The fraction of sp³-hybridized carbons (Fsp3) is 0.263. The maximum Gasteiger partial charge on any atom is 0.236 e. The number of methoxy groups -OCH3 is 1. The van der Waals surface area contributed by atoms with Crippen LogP contribution in [0, 0.1) is 5.92 Å². The summed E-state index contributed by atoms with van der Waals surface area (Å²) in [6.45, 7) is 1.83. The van der Waals surface area contributed by atoms with Crippen LogP contribution in [0.3, 0.4) is 0 Å². The Morgan fingerprint density at radius 3 is 2.74 bits per heavy atom. The maximum atomic E-state index is 13.2. The lowest BCUT2D eigenvalue weighted by Crippen LogP contribution is -2.70. The Kier molecular flexibility index (Phi) is 4.36. The third-order valence-corrected chi connectivity index (χ3v) is 5.32. The van der Waals surface area contributed by atoms with E-state index in [0.717, 1.165) is 5.56 Å². The fourth-order valence-corrected chi connectivity index (χ4v) is 4.06. The van der Waals surface area contributed by atoms with Crippen LogP contribution in [0.2, 0.25) is 5.02 Å². The summed E-state index contributed by atoms with van der Waals surface area (Å²) in [6.07, 6.45) is 0. The van der Waals surface area contributed by atoms with Gasteiger partial charge in [-0.2, -0.15) is 0 Å². The largest absolute Gasteiger partial charge is 0.497 e. The number of rotatable bonds is 3. The third kappa shape index (κ3) is 3.17. The van der Waals surface area contributed by atoms with Gasteiger partial charge in [0.1, 0.15) is 17.4 Å². The third-order valence-electron chi connectivity index (χ3n) is 4.84. The van der Waals surface area contributed by atoms with Crippen LogP contribution < -0.4 is 25.4 Å². The molecule has 27 heavy (non-hydrogen) atoms. The van der Waals surface area contributed by atoms with Crippen molar-refractivity contribution in [3.8, 4) is 11.5 Å². The molecule has 8 heteroatoms. The van der Waals surface area contributed by atoms with E-state index in [-0.39, 0.29) is 11.9 Å². The molecule has 1 amide bonds. The molecule has 0 saturated carbocycles. The van der Waals surface area contributed by atoms with E-state index in [4.69, 9.17) is 33.3 Å². The van der Waals surface area contributed by atoms with Crippen LogP contribution in [-0.4, -0.2) is 23.9 Å². The van der Waals surface area contributed by atoms with Crippen LogP contribution in [0.25, 0.3) is 0 Å². The standard InChI is InChI=1S/C19H18ClN3O3S/c1-19-15(17(24)21-11-5-3-10(20)4-6-11)16(22-18(27)23-19)13-9-12(25-2)7-8-14(13)26-19/h3-9,15-16H,1-2H3,(H,21,24)(H2,22,23,27)/t15-,16-,19-/m0/s1. The molecule has 2 aliphatic rings. The summed E-state index contributed by atoms with van der Waals surface area (Å²) >= 11 is 11.2. The minimum absolute atomic E-state index is 0.194. The second-order valence-electron chi connectivity index (χ2n) is 6.66. The molecule has 0 spiro atoms. The molecule has 2 bridgehead atoms. The molecule has 3 N–H and O–H groups in total. The van der Waals surface area contributed by atoms with Gasteiger partial charge in [0.2, 0.25) is 5.91 Å². The molecule has 140 valence electrons. The van der Waals surface area contributed by atoms with Gasteiger partial charge in [-0.1, -0.05) is 11.6 Å². The summed E-state index contributed by atoms with van der Waals surface area (Å²) in [5.74, 6) is 0.602. The average Bonchev–Trinajstić information content (AvgIpc) is 2.62. The first kappa shape index (κ1) is 17.9. The molecule has 0 unspecified atom stereocenters. The second kappa shape index (κ2) is 6.58. The van der Waals surface area contributed by atoms with Crippen molar-refractivity contribution in [1.29, 1.82) is 0 Å². The molecule has 0 aliphatic carbocycles. The van der Waals surface area contributed by atoms with Gasteiger partial charge in [-0.05, 0) is 61.6 Å². The summed E-state index contributed by atoms with van der Waals surface area (Å²) in [4.78, 5) is 13.2. The molecule has 3 atom stereocenters. The molecule has 2 aliphatic heterocycles. The van der Waals surface area contributed by atoms with Gasteiger partial charge in [-0.25, -0.2) is 0 Å². The lowest BCUT2D eigenvalue weighted by atomic mass is 9.80. The first-order chi connectivity index (χ1) is 12.9. The van der Waals surface area contributed by atoms with E-state index in [1.165, 1.54) is 0 Å². The van der Waals surface area contributed by atoms with E-state index < -0.39 is 11.6 Å². The maximum absolute atomic E-state index is 13.2. The summed E-state index contributed by atoms with van der Waals surface area (Å²) in [7, 11) is 1.60. The van der Waals surface area contributed by atoms with Gasteiger partial charge in [0.25, 0.3) is 0 Å². The number of carbonyl (C=O) groups excluding carboxylic acids is 1. The molecular formula is C19H18ClN3O3S. The highest BCUT2D eigenvalue weighted by atomic mass is 35.5. The Morgan fingerprint density at radius 1 is 1.30 bits per heavy atom. The van der Waals surface area contributed by atoms with Crippen LogP contribution in [0.1, 0.15) is 18.5 Å². The van der Waals surface area contributed by atoms with E-state index in [0.29, 0.717) is 27.3 Å². The minimum atomic E-state index is -0.981. The molecule has 2 aromatic carbocycles. The SMILES string of the molecule is COc1ccc2c(c1)[C@@H]1NC(=S)N[C@@](C)(O2)[C@@H]1C(=O)Nc1ccc(Cl)cc1. The monoisotopic (exact) mass is 403 g/mol. The summed E-state index contributed by atoms with van der Waals surface area (Å²) in [5.41, 5.74) is 0.502. The molecule has 0 aromatic heterocycles. The number of hydrogen-bond acceptors (Lipinski definition) is 4. The first-order valence-electron chi connectivity index (χ1n) is 8.42. The Morgan fingerprint density at radius 2 is 2.04 bits per heavy atom. The number of hydrogen-bond donors (Lipinski definition) is 3. The number of amides is 1. The normalized spacial score (nSPS) is 25.4. The van der Waals surface area contributed by atoms with E-state index >= 15 is 0 Å². The number of ether oxygens (including phenoxy) is 2. The van der Waals surface area contributed by atoms with Crippen molar-refractivity contribution in [2.24, 2.45) is 5.92 Å². The highest BCUT2D eigenvalue weighted by Crippen LogP contribution is 2.46. The fourth-order valence-electron chi connectivity index (χ4n) is 3.60. The van der Waals surface area contributed by atoms with Gasteiger partial charge < -0.3 is 25.4 Å². The molecule has 6 nitrogen and oxygen atoms in total. The Labute approximate surface area is 167 Å². The van der Waals surface area contributed by atoms with E-state index in [1.54, 1.807) is 31.4 Å². The van der Waals surface area contributed by atoms with Crippen molar-refractivity contribution < 1.29 is 14.3 Å². The van der Waals surface area contributed by atoms with E-state index in [2.05, 4.69) is 16.0 Å². The van der Waals surface area contributed by atoms with Crippen molar-refractivity contribution in [1.82, 2.24) is 10.6 Å². The number of fused-ring (bicyclic) bond motifs is 4. The lowest BCUT2D eigenvalue weighted by Gasteiger charge is -2.50. The highest BCUT2D eigenvalue weighted by Gasteiger charge is 2.54. The van der Waals surface area contributed by atoms with E-state index in [9.17, 15) is 4.79 Å². The smallest absolute Gasteiger partial charge is 0.236 e. The summed E-state index contributed by atoms with van der Waals surface area (Å²) < 4.78 is 11.5. The number of benzene rings is 2. The molecule has 1 fully saturated rings. The van der Waals surface area contributed by atoms with Gasteiger partial charge in [0.05, 0.1) is 13.2 Å². The Bertz CT molecular complexity index is 921. The van der Waals surface area contributed by atoms with Crippen molar-refractivity contribution in [2.75, 3.05) is 12.4 Å². The summed E-state index contributed by atoms with van der Waals surface area (Å²) in [5, 5.41) is 10.3. The second-order valence-corrected chi connectivity index (χ2v) is 7.51. The van der Waals surface area contributed by atoms with Crippen LogP contribution in [-0.2, 0) is 4.79 Å². The average molecular weight is 404 g/mol. The van der Waals surface area contributed by atoms with Crippen LogP contribution in [0.15, 0.2) is 42.5 Å². The van der Waals surface area contributed by atoms with Gasteiger partial charge in [0, 0.05) is 16.3 Å². The predicted octanol–water partition coefficient (Wildman–Crippen LogP) is 3.23. The molecule has 2 aromatic rings. The van der Waals surface area contributed by atoms with Crippen molar-refractivity contribution in [3.63, 3.8) is 0 Å². The minimum Gasteiger partial charge on any atom is -0.497 e. The van der Waals surface area contributed by atoms with Crippen molar-refractivity contribution in [3.05, 3.63) is 53.1 Å². The predicted molar refractivity (Wildman–Crippen MR) is 107 cm³/mol. The number of carbonyl (C=O) groups is 1.